The Hall–Kier alpha value is -0.160. The number of likely N-dealkylation sites (tertiary alicyclic amines) is 2. The minimum absolute atomic E-state index is 0.219. The molecule has 3 heterocycles. The van der Waals surface area contributed by atoms with Crippen LogP contribution in [0, 0.1) is 0 Å². The minimum atomic E-state index is -0.219. The molecule has 0 amide bonds. The molecule has 0 aliphatic carbocycles. The van der Waals surface area contributed by atoms with Crippen LogP contribution in [0.25, 0.3) is 0 Å². The van der Waals surface area contributed by atoms with Crippen molar-refractivity contribution in [3.8, 4) is 0 Å². The van der Waals surface area contributed by atoms with Crippen LogP contribution in [-0.2, 0) is 9.47 Å². The van der Waals surface area contributed by atoms with Crippen molar-refractivity contribution in [3.63, 3.8) is 0 Å². The van der Waals surface area contributed by atoms with Gasteiger partial charge < -0.3 is 9.47 Å². The van der Waals surface area contributed by atoms with Crippen LogP contribution in [0.3, 0.4) is 0 Å². The van der Waals surface area contributed by atoms with Gasteiger partial charge in [0.15, 0.2) is 5.79 Å². The van der Waals surface area contributed by atoms with Gasteiger partial charge in [0.1, 0.15) is 0 Å². The van der Waals surface area contributed by atoms with E-state index in [1.807, 2.05) is 0 Å². The molecular formula is C15H28N2O2. The highest BCUT2D eigenvalue weighted by Gasteiger charge is 2.41. The Balaban J connectivity index is 1.53. The summed E-state index contributed by atoms with van der Waals surface area (Å²) in [4.78, 5) is 5.30. The first-order chi connectivity index (χ1) is 9.19. The summed E-state index contributed by atoms with van der Waals surface area (Å²) in [7, 11) is 0. The van der Waals surface area contributed by atoms with Crippen molar-refractivity contribution >= 4 is 0 Å². The summed E-state index contributed by atoms with van der Waals surface area (Å²) in [6, 6.07) is 1.43. The van der Waals surface area contributed by atoms with Crippen molar-refractivity contribution in [1.82, 2.24) is 9.80 Å². The van der Waals surface area contributed by atoms with Gasteiger partial charge in [-0.15, -0.1) is 0 Å². The Morgan fingerprint density at radius 3 is 2.37 bits per heavy atom. The molecule has 1 spiro atoms. The highest BCUT2D eigenvalue weighted by molar-refractivity contribution is 4.89. The smallest absolute Gasteiger partial charge is 0.170 e. The lowest BCUT2D eigenvalue weighted by atomic mass is 9.97. The first-order valence-electron chi connectivity index (χ1n) is 7.95. The fraction of sp³-hybridized carbons (Fsp3) is 1.00. The molecule has 1 atom stereocenters. The minimum Gasteiger partial charge on any atom is -0.347 e. The SMILES string of the molecule is CC(C)N1CCCC(N2CCC3(CC2)OCCO3)C1. The standard InChI is InChI=1S/C15H28N2O2/c1-13(2)17-7-3-4-14(12-17)16-8-5-15(6-9-16)18-10-11-19-15/h13-14H,3-12H2,1-2H3. The maximum Gasteiger partial charge on any atom is 0.170 e. The van der Waals surface area contributed by atoms with Gasteiger partial charge in [-0.25, -0.2) is 0 Å². The first kappa shape index (κ1) is 13.8. The molecule has 0 bridgehead atoms. The van der Waals surface area contributed by atoms with Crippen LogP contribution >= 0.6 is 0 Å². The lowest BCUT2D eigenvalue weighted by molar-refractivity contribution is -0.189. The van der Waals surface area contributed by atoms with E-state index in [2.05, 4.69) is 23.6 Å². The molecule has 3 aliphatic rings. The van der Waals surface area contributed by atoms with Gasteiger partial charge >= 0.3 is 0 Å². The van der Waals surface area contributed by atoms with Crippen LogP contribution in [0.15, 0.2) is 0 Å². The normalized spacial score (nSPS) is 33.3. The third-order valence-electron chi connectivity index (χ3n) is 5.05. The third-order valence-corrected chi connectivity index (χ3v) is 5.05. The number of rotatable bonds is 2. The first-order valence-corrected chi connectivity index (χ1v) is 7.95. The van der Waals surface area contributed by atoms with Crippen LogP contribution in [-0.4, -0.2) is 67.1 Å². The number of piperidine rings is 2. The molecule has 3 saturated heterocycles. The second kappa shape index (κ2) is 5.68. The van der Waals surface area contributed by atoms with Crippen LogP contribution in [0.2, 0.25) is 0 Å². The Bertz CT molecular complexity index is 293. The molecule has 0 aromatic carbocycles. The van der Waals surface area contributed by atoms with Crippen LogP contribution in [0.5, 0.6) is 0 Å². The number of ether oxygens (including phenoxy) is 2. The van der Waals surface area contributed by atoms with Crippen LogP contribution in [0.1, 0.15) is 39.5 Å². The molecule has 0 aromatic rings. The lowest BCUT2D eigenvalue weighted by Crippen LogP contribution is -2.54. The number of hydrogen-bond donors (Lipinski definition) is 0. The van der Waals surface area contributed by atoms with Gasteiger partial charge in [-0.05, 0) is 33.2 Å². The largest absolute Gasteiger partial charge is 0.347 e. The van der Waals surface area contributed by atoms with Crippen LogP contribution in [0.4, 0.5) is 0 Å². The molecule has 1 unspecified atom stereocenters. The van der Waals surface area contributed by atoms with E-state index in [9.17, 15) is 0 Å². The Labute approximate surface area is 117 Å². The van der Waals surface area contributed by atoms with Crippen molar-refractivity contribution in [2.24, 2.45) is 0 Å². The fourth-order valence-electron chi connectivity index (χ4n) is 3.77. The Kier molecular flexibility index (Phi) is 4.13. The van der Waals surface area contributed by atoms with E-state index in [0.717, 1.165) is 45.2 Å². The average molecular weight is 268 g/mol. The van der Waals surface area contributed by atoms with E-state index in [0.29, 0.717) is 6.04 Å². The van der Waals surface area contributed by atoms with Gasteiger partial charge in [0.2, 0.25) is 0 Å². The zero-order valence-electron chi connectivity index (χ0n) is 12.4. The summed E-state index contributed by atoms with van der Waals surface area (Å²) in [5.41, 5.74) is 0. The van der Waals surface area contributed by atoms with Gasteiger partial charge in [-0.2, -0.15) is 0 Å². The predicted molar refractivity (Wildman–Crippen MR) is 75.2 cm³/mol. The molecule has 110 valence electrons. The summed E-state index contributed by atoms with van der Waals surface area (Å²) in [6.07, 6.45) is 4.80. The van der Waals surface area contributed by atoms with Gasteiger partial charge in [-0.1, -0.05) is 0 Å². The Morgan fingerprint density at radius 2 is 1.74 bits per heavy atom. The maximum absolute atomic E-state index is 5.82. The van der Waals surface area contributed by atoms with E-state index in [1.54, 1.807) is 0 Å². The summed E-state index contributed by atoms with van der Waals surface area (Å²) >= 11 is 0. The predicted octanol–water partition coefficient (Wildman–Crippen LogP) is 1.70. The average Bonchev–Trinajstić information content (AvgIpc) is 2.88. The Morgan fingerprint density at radius 1 is 1.05 bits per heavy atom. The molecule has 3 fully saturated rings. The highest BCUT2D eigenvalue weighted by Crippen LogP contribution is 2.33. The number of hydrogen-bond acceptors (Lipinski definition) is 4. The van der Waals surface area contributed by atoms with Crippen molar-refractivity contribution in [2.75, 3.05) is 39.4 Å². The van der Waals surface area contributed by atoms with E-state index < -0.39 is 0 Å². The topological polar surface area (TPSA) is 24.9 Å². The van der Waals surface area contributed by atoms with Gasteiger partial charge in [-0.3, -0.25) is 9.80 Å². The third kappa shape index (κ3) is 2.97. The van der Waals surface area contributed by atoms with Gasteiger partial charge in [0, 0.05) is 44.6 Å². The molecule has 4 heteroatoms. The summed E-state index contributed by atoms with van der Waals surface area (Å²) in [6.45, 7) is 11.0. The summed E-state index contributed by atoms with van der Waals surface area (Å²) in [5, 5.41) is 0. The monoisotopic (exact) mass is 268 g/mol. The van der Waals surface area contributed by atoms with E-state index in [-0.39, 0.29) is 5.79 Å². The van der Waals surface area contributed by atoms with Gasteiger partial charge in [0.05, 0.1) is 13.2 Å². The summed E-state index contributed by atoms with van der Waals surface area (Å²) in [5.74, 6) is -0.219. The van der Waals surface area contributed by atoms with E-state index in [1.165, 1.54) is 25.9 Å². The molecule has 0 aromatic heterocycles. The molecule has 0 saturated carbocycles. The van der Waals surface area contributed by atoms with E-state index in [4.69, 9.17) is 9.47 Å². The fourth-order valence-corrected chi connectivity index (χ4v) is 3.77. The number of nitrogens with zero attached hydrogens (tertiary/aromatic N) is 2. The molecule has 19 heavy (non-hydrogen) atoms. The lowest BCUT2D eigenvalue weighted by Gasteiger charge is -2.45. The molecule has 0 N–H and O–H groups in total. The highest BCUT2D eigenvalue weighted by atomic mass is 16.7. The van der Waals surface area contributed by atoms with Gasteiger partial charge in [0.25, 0.3) is 0 Å². The van der Waals surface area contributed by atoms with Crippen molar-refractivity contribution in [2.45, 2.75) is 57.4 Å². The maximum atomic E-state index is 5.82. The second-order valence-corrected chi connectivity index (χ2v) is 6.53. The molecular weight excluding hydrogens is 240 g/mol. The molecule has 3 rings (SSSR count). The zero-order valence-corrected chi connectivity index (χ0v) is 12.4. The summed E-state index contributed by atoms with van der Waals surface area (Å²) < 4.78 is 11.6. The van der Waals surface area contributed by atoms with Crippen molar-refractivity contribution in [3.05, 3.63) is 0 Å². The molecule has 3 aliphatic heterocycles. The molecule has 0 radical (unpaired) electrons. The zero-order chi connectivity index (χ0) is 13.3. The van der Waals surface area contributed by atoms with Crippen molar-refractivity contribution in [1.29, 1.82) is 0 Å². The second-order valence-electron chi connectivity index (χ2n) is 6.53. The molecule has 4 nitrogen and oxygen atoms in total. The van der Waals surface area contributed by atoms with E-state index >= 15 is 0 Å². The quantitative estimate of drug-likeness (QED) is 0.761. The van der Waals surface area contributed by atoms with Crippen molar-refractivity contribution < 1.29 is 9.47 Å². The van der Waals surface area contributed by atoms with Crippen LogP contribution < -0.4 is 0 Å².